The highest BCUT2D eigenvalue weighted by Crippen LogP contribution is 2.27. The smallest absolute Gasteiger partial charge is 0.242 e. The highest BCUT2D eigenvalue weighted by molar-refractivity contribution is 6.29. The van der Waals surface area contributed by atoms with Gasteiger partial charge < -0.3 is 9.74 Å². The van der Waals surface area contributed by atoms with Gasteiger partial charge in [0.15, 0.2) is 0 Å². The van der Waals surface area contributed by atoms with Gasteiger partial charge in [-0.3, -0.25) is 4.79 Å². The molecule has 1 aromatic rings. The van der Waals surface area contributed by atoms with Crippen LogP contribution in [0, 0.1) is 0 Å². The summed E-state index contributed by atoms with van der Waals surface area (Å²) in [6.07, 6.45) is 5.39. The van der Waals surface area contributed by atoms with E-state index in [0.29, 0.717) is 13.2 Å². The van der Waals surface area contributed by atoms with Gasteiger partial charge in [-0.15, -0.1) is 11.6 Å². The third-order valence-electron chi connectivity index (χ3n) is 3.65. The van der Waals surface area contributed by atoms with Crippen molar-refractivity contribution in [3.63, 3.8) is 0 Å². The molecule has 0 atom stereocenters. The molecule has 1 rings (SSSR count). The zero-order valence-corrected chi connectivity index (χ0v) is 15.1. The molecule has 0 fully saturated rings. The number of carbonyl (C=O) groups is 1. The summed E-state index contributed by atoms with van der Waals surface area (Å²) in [6.45, 7) is 7.24. The van der Waals surface area contributed by atoms with Gasteiger partial charge in [0.1, 0.15) is 12.5 Å². The summed E-state index contributed by atoms with van der Waals surface area (Å²) < 4.78 is 0. The third-order valence-corrected chi connectivity index (χ3v) is 3.88. The van der Waals surface area contributed by atoms with E-state index in [-0.39, 0.29) is 11.8 Å². The van der Waals surface area contributed by atoms with E-state index in [9.17, 15) is 4.79 Å². The lowest BCUT2D eigenvalue weighted by Crippen LogP contribution is -2.35. The second-order valence-electron chi connectivity index (χ2n) is 5.24. The Kier molecular flexibility index (Phi) is 9.37. The Bertz CT molecular complexity index is 495. The predicted molar refractivity (Wildman–Crippen MR) is 97.6 cm³/mol. The van der Waals surface area contributed by atoms with Gasteiger partial charge in [-0.25, -0.2) is 0 Å². The molecule has 0 aliphatic rings. The van der Waals surface area contributed by atoms with Crippen LogP contribution in [0.4, 0.5) is 5.69 Å². The number of carbonyl (C=O) groups excluding carboxylic acids is 1. The van der Waals surface area contributed by atoms with Gasteiger partial charge in [0, 0.05) is 0 Å². The molecule has 128 valence electrons. The van der Waals surface area contributed by atoms with Crippen LogP contribution >= 0.6 is 11.6 Å². The molecule has 0 spiro atoms. The average Bonchev–Trinajstić information content (AvgIpc) is 2.60. The zero-order valence-electron chi connectivity index (χ0n) is 14.3. The Morgan fingerprint density at radius 3 is 2.43 bits per heavy atom. The molecule has 0 bridgehead atoms. The van der Waals surface area contributed by atoms with Gasteiger partial charge in [0.2, 0.25) is 5.91 Å². The number of benzene rings is 1. The van der Waals surface area contributed by atoms with Crippen molar-refractivity contribution >= 4 is 29.4 Å². The second-order valence-corrected chi connectivity index (χ2v) is 5.51. The number of nitrogens with zero attached hydrogens (tertiary/aromatic N) is 2. The first-order valence-corrected chi connectivity index (χ1v) is 8.83. The van der Waals surface area contributed by atoms with Crippen LogP contribution in [-0.2, 0) is 22.5 Å². The number of unbranched alkanes of at least 4 members (excludes halogenated alkanes) is 1. The molecule has 1 amide bonds. The molecule has 0 aliphatic heterocycles. The fraction of sp³-hybridized carbons (Fsp3) is 0.556. The van der Waals surface area contributed by atoms with Crippen LogP contribution in [0.1, 0.15) is 44.7 Å². The van der Waals surface area contributed by atoms with Crippen LogP contribution in [0.5, 0.6) is 0 Å². The molecule has 0 aromatic heterocycles. The number of aryl methyl sites for hydroxylation is 2. The number of anilines is 1. The van der Waals surface area contributed by atoms with Gasteiger partial charge in [-0.1, -0.05) is 50.5 Å². The van der Waals surface area contributed by atoms with E-state index in [1.165, 1.54) is 0 Å². The van der Waals surface area contributed by atoms with E-state index in [1.54, 1.807) is 11.1 Å². The quantitative estimate of drug-likeness (QED) is 0.278. The van der Waals surface area contributed by atoms with Crippen molar-refractivity contribution in [3.8, 4) is 0 Å². The Balaban J connectivity index is 2.97. The summed E-state index contributed by atoms with van der Waals surface area (Å²) in [6, 6.07) is 6.14. The molecule has 0 unspecified atom stereocenters. The number of hydrogen-bond donors (Lipinski definition) is 0. The first-order chi connectivity index (χ1) is 11.2. The van der Waals surface area contributed by atoms with Crippen LogP contribution in [0.3, 0.4) is 0 Å². The maximum Gasteiger partial charge on any atom is 0.242 e. The van der Waals surface area contributed by atoms with Crippen LogP contribution in [0.2, 0.25) is 0 Å². The molecule has 0 N–H and O–H groups in total. The zero-order chi connectivity index (χ0) is 17.1. The van der Waals surface area contributed by atoms with Crippen molar-refractivity contribution < 1.29 is 9.63 Å². The van der Waals surface area contributed by atoms with Crippen molar-refractivity contribution in [2.75, 3.05) is 23.9 Å². The maximum absolute atomic E-state index is 12.3. The fourth-order valence-corrected chi connectivity index (χ4v) is 2.53. The average molecular weight is 339 g/mol. The predicted octanol–water partition coefficient (Wildman–Crippen LogP) is 4.19. The first-order valence-electron chi connectivity index (χ1n) is 8.30. The number of halogens is 1. The molecule has 23 heavy (non-hydrogen) atoms. The Morgan fingerprint density at radius 1 is 1.26 bits per heavy atom. The molecular formula is C18H27ClN2O2. The van der Waals surface area contributed by atoms with Crippen molar-refractivity contribution in [1.29, 1.82) is 0 Å². The van der Waals surface area contributed by atoms with Crippen LogP contribution in [0.25, 0.3) is 0 Å². The lowest BCUT2D eigenvalue weighted by molar-refractivity contribution is -0.116. The Morgan fingerprint density at radius 2 is 1.91 bits per heavy atom. The number of rotatable bonds is 10. The third kappa shape index (κ3) is 5.87. The molecule has 0 saturated heterocycles. The van der Waals surface area contributed by atoms with Gasteiger partial charge in [-0.05, 0) is 30.4 Å². The molecule has 0 saturated carbocycles. The van der Waals surface area contributed by atoms with Crippen molar-refractivity contribution in [2.24, 2.45) is 5.16 Å². The van der Waals surface area contributed by atoms with Crippen LogP contribution in [0.15, 0.2) is 23.4 Å². The van der Waals surface area contributed by atoms with Crippen LogP contribution < -0.4 is 4.90 Å². The fourth-order valence-electron chi connectivity index (χ4n) is 2.38. The number of para-hydroxylation sites is 1. The summed E-state index contributed by atoms with van der Waals surface area (Å²) in [5.74, 6) is -0.173. The topological polar surface area (TPSA) is 41.9 Å². The van der Waals surface area contributed by atoms with Crippen molar-refractivity contribution in [2.45, 2.75) is 46.5 Å². The van der Waals surface area contributed by atoms with E-state index in [4.69, 9.17) is 16.4 Å². The number of hydrogen-bond acceptors (Lipinski definition) is 3. The van der Waals surface area contributed by atoms with Crippen molar-refractivity contribution in [1.82, 2.24) is 0 Å². The molecule has 0 radical (unpaired) electrons. The highest BCUT2D eigenvalue weighted by Gasteiger charge is 2.19. The van der Waals surface area contributed by atoms with Gasteiger partial charge in [0.05, 0.1) is 18.4 Å². The standard InChI is InChI=1S/C18H27ClN2O2/c1-4-7-13-23-20-11-12-21(17(22)14-19)18-15(5-2)9-8-10-16(18)6-3/h8-11H,4-7,12-14H2,1-3H3. The minimum atomic E-state index is -0.123. The molecule has 0 heterocycles. The molecule has 5 heteroatoms. The number of oxime groups is 1. The monoisotopic (exact) mass is 338 g/mol. The Labute approximate surface area is 144 Å². The minimum Gasteiger partial charge on any atom is -0.396 e. The second kappa shape index (κ2) is 11.1. The summed E-state index contributed by atoms with van der Waals surface area (Å²) >= 11 is 5.80. The lowest BCUT2D eigenvalue weighted by Gasteiger charge is -2.25. The lowest BCUT2D eigenvalue weighted by atomic mass is 10.0. The largest absolute Gasteiger partial charge is 0.396 e. The van der Waals surface area contributed by atoms with Gasteiger partial charge in [0.25, 0.3) is 0 Å². The first kappa shape index (κ1) is 19.5. The number of alkyl halides is 1. The van der Waals surface area contributed by atoms with E-state index in [2.05, 4.69) is 38.1 Å². The van der Waals surface area contributed by atoms with E-state index >= 15 is 0 Å². The molecule has 0 aliphatic carbocycles. The molecule has 4 nitrogen and oxygen atoms in total. The van der Waals surface area contributed by atoms with Crippen molar-refractivity contribution in [3.05, 3.63) is 29.3 Å². The van der Waals surface area contributed by atoms with Crippen LogP contribution in [-0.4, -0.2) is 31.2 Å². The summed E-state index contributed by atoms with van der Waals surface area (Å²) in [5.41, 5.74) is 3.24. The molecule has 1 aromatic carbocycles. The SMILES string of the molecule is CCCCON=CCN(C(=O)CCl)c1c(CC)cccc1CC. The van der Waals surface area contributed by atoms with E-state index in [0.717, 1.165) is 42.5 Å². The van der Waals surface area contributed by atoms with Gasteiger partial charge in [-0.2, -0.15) is 0 Å². The maximum atomic E-state index is 12.3. The summed E-state index contributed by atoms with van der Waals surface area (Å²) in [7, 11) is 0. The van der Waals surface area contributed by atoms with Gasteiger partial charge >= 0.3 is 0 Å². The Hall–Kier alpha value is -1.55. The van der Waals surface area contributed by atoms with E-state index in [1.807, 2.05) is 6.07 Å². The summed E-state index contributed by atoms with van der Waals surface area (Å²) in [5, 5.41) is 3.94. The molecular weight excluding hydrogens is 312 g/mol. The van der Waals surface area contributed by atoms with E-state index < -0.39 is 0 Å². The summed E-state index contributed by atoms with van der Waals surface area (Å²) in [4.78, 5) is 19.2. The number of amides is 1. The minimum absolute atomic E-state index is 0.0499. The normalized spacial score (nSPS) is 11.0. The highest BCUT2D eigenvalue weighted by atomic mass is 35.5.